The van der Waals surface area contributed by atoms with Crippen LogP contribution in [0.2, 0.25) is 0 Å². The molecule has 0 amide bonds. The Bertz CT molecular complexity index is 4.85. The third-order valence-corrected chi connectivity index (χ3v) is 0. The minimum Gasteiger partial charge on any atom is -2.00 e. The molecule has 30 valence electrons. The van der Waals surface area contributed by atoms with Gasteiger partial charge in [0.05, 0.1) is 0 Å². The van der Waals surface area contributed by atoms with Gasteiger partial charge in [-0.1, -0.05) is 0 Å². The predicted octanol–water partition coefficient (Wildman–Crippen LogP) is -0.361. The van der Waals surface area contributed by atoms with Gasteiger partial charge in [-0.25, -0.2) is 0 Å². The van der Waals surface area contributed by atoms with Gasteiger partial charge in [-0.3, -0.25) is 0 Å². The number of hydrogen-bond donors (Lipinski definition) is 0. The van der Waals surface area contributed by atoms with Gasteiger partial charge < -0.3 is 16.4 Å². The summed E-state index contributed by atoms with van der Waals surface area (Å²) in [6.45, 7) is 0. The molecule has 2 radical (unpaired) electrons. The second kappa shape index (κ2) is 60.3. The minimum atomic E-state index is 0. The normalized spacial score (nSPS) is 0. The van der Waals surface area contributed by atoms with E-state index in [4.69, 9.17) is 0 Å². The Morgan fingerprint density at radius 3 is 0.400 bits per heavy atom. The van der Waals surface area contributed by atoms with Crippen LogP contribution in [0.15, 0.2) is 0 Å². The van der Waals surface area contributed by atoms with E-state index in [-0.39, 0.29) is 58.6 Å². The smallest absolute Gasteiger partial charge is 2.00 e. The Balaban J connectivity index is 0. The molecule has 0 N–H and O–H groups in total. The molecule has 0 fully saturated rings. The molecule has 0 rings (SSSR count). The summed E-state index contributed by atoms with van der Waals surface area (Å²) >= 11 is 0. The molecule has 0 aromatic heterocycles. The van der Waals surface area contributed by atoms with Crippen molar-refractivity contribution in [2.24, 2.45) is 0 Å². The maximum Gasteiger partial charge on any atom is 3.00 e. The van der Waals surface area contributed by atoms with Crippen molar-refractivity contribution in [3.63, 3.8) is 0 Å². The standard InChI is InChI=1S/2Mo.3O/q2*+3;3*-2. The summed E-state index contributed by atoms with van der Waals surface area (Å²) < 4.78 is 0. The van der Waals surface area contributed by atoms with Crippen molar-refractivity contribution in [1.29, 1.82) is 0 Å². The largest absolute Gasteiger partial charge is 3.00 e. The van der Waals surface area contributed by atoms with Crippen molar-refractivity contribution in [3.05, 3.63) is 0 Å². The Hall–Kier alpha value is 1.26. The molecule has 0 aliphatic heterocycles. The van der Waals surface area contributed by atoms with Crippen molar-refractivity contribution in [3.8, 4) is 0 Å². The second-order valence-corrected chi connectivity index (χ2v) is 0. The van der Waals surface area contributed by atoms with Gasteiger partial charge in [0.15, 0.2) is 0 Å². The van der Waals surface area contributed by atoms with Gasteiger partial charge in [-0.05, 0) is 0 Å². The quantitative estimate of drug-likeness (QED) is 0.517. The van der Waals surface area contributed by atoms with Crippen LogP contribution >= 0.6 is 0 Å². The predicted molar refractivity (Wildman–Crippen MR) is 2.06 cm³/mol. The summed E-state index contributed by atoms with van der Waals surface area (Å²) in [6, 6.07) is 0. The zero-order valence-corrected chi connectivity index (χ0v) is 6.06. The van der Waals surface area contributed by atoms with Gasteiger partial charge in [0.1, 0.15) is 0 Å². The Labute approximate surface area is 58.6 Å². The van der Waals surface area contributed by atoms with Crippen LogP contribution in [0.5, 0.6) is 0 Å². The zero-order chi connectivity index (χ0) is 0. The monoisotopic (exact) mass is 244 g/mol. The van der Waals surface area contributed by atoms with E-state index in [1.165, 1.54) is 0 Å². The summed E-state index contributed by atoms with van der Waals surface area (Å²) in [5.41, 5.74) is 0. The first-order valence-electron chi connectivity index (χ1n) is 0. The van der Waals surface area contributed by atoms with E-state index in [2.05, 4.69) is 0 Å². The maximum atomic E-state index is 0. The molecule has 3 nitrogen and oxygen atoms in total. The zero-order valence-electron chi connectivity index (χ0n) is 2.04. The van der Waals surface area contributed by atoms with Crippen LogP contribution in [-0.4, -0.2) is 0 Å². The molecule has 0 bridgehead atoms. The first-order chi connectivity index (χ1) is 0. The van der Waals surface area contributed by atoms with Gasteiger partial charge in [0, 0.05) is 0 Å². The second-order valence-electron chi connectivity index (χ2n) is 0. The molecule has 5 heavy (non-hydrogen) atoms. The minimum absolute atomic E-state index is 0. The van der Waals surface area contributed by atoms with Gasteiger partial charge >= 0.3 is 42.1 Å². The van der Waals surface area contributed by atoms with E-state index in [0.29, 0.717) is 0 Å². The number of hydrogen-bond acceptors (Lipinski definition) is 0. The molecule has 0 aliphatic carbocycles. The van der Waals surface area contributed by atoms with E-state index >= 15 is 0 Å². The van der Waals surface area contributed by atoms with Crippen molar-refractivity contribution < 1.29 is 58.6 Å². The third kappa shape index (κ3) is 35.3. The fourth-order valence-electron chi connectivity index (χ4n) is 0. The molecule has 5 heteroatoms. The van der Waals surface area contributed by atoms with Gasteiger partial charge in [-0.2, -0.15) is 0 Å². The van der Waals surface area contributed by atoms with E-state index in [1.807, 2.05) is 0 Å². The van der Waals surface area contributed by atoms with Gasteiger partial charge in [0.25, 0.3) is 0 Å². The summed E-state index contributed by atoms with van der Waals surface area (Å²) in [7, 11) is 0. The van der Waals surface area contributed by atoms with Crippen molar-refractivity contribution in [1.82, 2.24) is 0 Å². The van der Waals surface area contributed by atoms with Crippen LogP contribution in [0.4, 0.5) is 0 Å². The molecule has 0 aromatic carbocycles. The van der Waals surface area contributed by atoms with Crippen LogP contribution in [0, 0.1) is 0 Å². The molecular formula is Mo2O3. The number of rotatable bonds is 0. The fourth-order valence-corrected chi connectivity index (χ4v) is 0. The van der Waals surface area contributed by atoms with Crippen LogP contribution in [0.1, 0.15) is 0 Å². The average Bonchev–Trinajstić information content (AvgIpc) is 0. The first kappa shape index (κ1) is 109. The summed E-state index contributed by atoms with van der Waals surface area (Å²) in [6.07, 6.45) is 0. The molecular weight excluding hydrogens is 240 g/mol. The van der Waals surface area contributed by atoms with Crippen molar-refractivity contribution in [2.45, 2.75) is 0 Å². The third-order valence-electron chi connectivity index (χ3n) is 0. The molecule has 0 saturated heterocycles. The average molecular weight is 240 g/mol. The summed E-state index contributed by atoms with van der Waals surface area (Å²) in [5, 5.41) is 0. The SMILES string of the molecule is [Mo+3].[Mo+3].[O-2].[O-2].[O-2]. The molecule has 0 heterocycles. The van der Waals surface area contributed by atoms with Gasteiger partial charge in [0.2, 0.25) is 0 Å². The summed E-state index contributed by atoms with van der Waals surface area (Å²) in [4.78, 5) is 0. The van der Waals surface area contributed by atoms with Crippen LogP contribution in [0.3, 0.4) is 0 Å². The van der Waals surface area contributed by atoms with E-state index in [9.17, 15) is 0 Å². The van der Waals surface area contributed by atoms with Crippen LogP contribution in [-0.2, 0) is 58.6 Å². The van der Waals surface area contributed by atoms with Crippen molar-refractivity contribution >= 4 is 0 Å². The molecule has 0 aromatic rings. The molecule has 0 saturated carbocycles. The Morgan fingerprint density at radius 1 is 0.400 bits per heavy atom. The van der Waals surface area contributed by atoms with E-state index < -0.39 is 0 Å². The van der Waals surface area contributed by atoms with Gasteiger partial charge in [-0.15, -0.1) is 0 Å². The van der Waals surface area contributed by atoms with Crippen LogP contribution in [0.25, 0.3) is 0 Å². The fraction of sp³-hybridized carbons (Fsp3) is 0. The molecule has 0 aliphatic rings. The molecule has 0 spiro atoms. The van der Waals surface area contributed by atoms with Crippen LogP contribution < -0.4 is 0 Å². The van der Waals surface area contributed by atoms with E-state index in [1.54, 1.807) is 0 Å². The molecule has 0 atom stereocenters. The molecule has 0 unspecified atom stereocenters. The maximum absolute atomic E-state index is 0. The Morgan fingerprint density at radius 2 is 0.400 bits per heavy atom. The summed E-state index contributed by atoms with van der Waals surface area (Å²) in [5.74, 6) is 0. The Kier molecular flexibility index (Phi) is 1320. The topological polar surface area (TPSA) is 85.5 Å². The van der Waals surface area contributed by atoms with Crippen molar-refractivity contribution in [2.75, 3.05) is 0 Å². The first-order valence-corrected chi connectivity index (χ1v) is 0. The van der Waals surface area contributed by atoms with E-state index in [0.717, 1.165) is 0 Å².